The second kappa shape index (κ2) is 9.08. The summed E-state index contributed by atoms with van der Waals surface area (Å²) >= 11 is 6.21. The lowest BCUT2D eigenvalue weighted by Crippen LogP contribution is -2.26. The van der Waals surface area contributed by atoms with Crippen LogP contribution in [0.5, 0.6) is 5.75 Å². The van der Waals surface area contributed by atoms with Crippen molar-refractivity contribution in [1.29, 1.82) is 0 Å². The van der Waals surface area contributed by atoms with E-state index in [0.29, 0.717) is 40.5 Å². The van der Waals surface area contributed by atoms with Gasteiger partial charge in [0.1, 0.15) is 11.6 Å². The molecule has 0 radical (unpaired) electrons. The molecule has 1 N–H and O–H groups in total. The molecule has 1 aliphatic rings. The highest BCUT2D eigenvalue weighted by atomic mass is 35.5. The van der Waals surface area contributed by atoms with E-state index in [2.05, 4.69) is 20.4 Å². The fraction of sp³-hybridized carbons (Fsp3) is 0.450. The number of halogens is 1. The maximum absolute atomic E-state index is 12.1. The van der Waals surface area contributed by atoms with Crippen molar-refractivity contribution >= 4 is 44.2 Å². The van der Waals surface area contributed by atoms with E-state index < -0.39 is 10.0 Å². The quantitative estimate of drug-likeness (QED) is 0.513. The maximum atomic E-state index is 12.1. The van der Waals surface area contributed by atoms with Gasteiger partial charge in [0.05, 0.1) is 30.6 Å². The lowest BCUT2D eigenvalue weighted by atomic mass is 10.1. The fourth-order valence-corrected chi connectivity index (χ4v) is 4.36. The van der Waals surface area contributed by atoms with Gasteiger partial charge in [0, 0.05) is 20.2 Å². The Labute approximate surface area is 191 Å². The Morgan fingerprint density at radius 3 is 2.84 bits per heavy atom. The van der Waals surface area contributed by atoms with Crippen LogP contribution in [0.3, 0.4) is 0 Å². The topological polar surface area (TPSA) is 111 Å². The van der Waals surface area contributed by atoms with E-state index in [-0.39, 0.29) is 18.1 Å². The van der Waals surface area contributed by atoms with E-state index in [9.17, 15) is 8.42 Å². The number of hydrogen-bond acceptors (Lipinski definition) is 8. The summed E-state index contributed by atoms with van der Waals surface area (Å²) in [6.07, 6.45) is 5.59. The van der Waals surface area contributed by atoms with Gasteiger partial charge in [-0.05, 0) is 54.6 Å². The van der Waals surface area contributed by atoms with Crippen molar-refractivity contribution in [3.05, 3.63) is 35.2 Å². The third kappa shape index (κ3) is 4.59. The molecular formula is C20H25ClN6O4S. The minimum atomic E-state index is -3.44. The number of hydrogen-bond donors (Lipinski definition) is 1. The van der Waals surface area contributed by atoms with Gasteiger partial charge in [-0.1, -0.05) is 0 Å². The van der Waals surface area contributed by atoms with Crippen molar-refractivity contribution in [3.8, 4) is 5.75 Å². The summed E-state index contributed by atoms with van der Waals surface area (Å²) in [4.78, 5) is 8.69. The summed E-state index contributed by atoms with van der Waals surface area (Å²) in [6.45, 7) is 0.961. The molecular weight excluding hydrogens is 456 g/mol. The Bertz CT molecular complexity index is 1230. The van der Waals surface area contributed by atoms with Crippen LogP contribution >= 0.6 is 11.6 Å². The van der Waals surface area contributed by atoms with E-state index in [1.165, 1.54) is 11.4 Å². The highest BCUT2D eigenvalue weighted by molar-refractivity contribution is 7.92. The van der Waals surface area contributed by atoms with E-state index in [0.717, 1.165) is 25.5 Å². The van der Waals surface area contributed by atoms with Gasteiger partial charge >= 0.3 is 0 Å². The molecule has 0 bridgehead atoms. The summed E-state index contributed by atoms with van der Waals surface area (Å²) in [7, 11) is -0.375. The third-order valence-electron chi connectivity index (χ3n) is 5.42. The molecule has 172 valence electrons. The van der Waals surface area contributed by atoms with E-state index in [1.54, 1.807) is 36.2 Å². The number of benzene rings is 1. The summed E-state index contributed by atoms with van der Waals surface area (Å²) in [6, 6.07) is 5.20. The molecule has 1 aliphatic heterocycles. The van der Waals surface area contributed by atoms with E-state index in [4.69, 9.17) is 21.1 Å². The molecule has 0 saturated carbocycles. The predicted molar refractivity (Wildman–Crippen MR) is 123 cm³/mol. The standard InChI is InChI=1S/C20H25ClN6O4S/c1-26(32(3,28)29)16-8-7-14(30-2)10-13(16)11-22-18-15-12-23-27(17-6-4-5-9-31-17)19(15)25-20(21)24-18/h7-8,10,12,17H,4-6,9,11H2,1-3H3,(H,22,24,25). The van der Waals surface area contributed by atoms with Gasteiger partial charge in [0.2, 0.25) is 15.3 Å². The van der Waals surface area contributed by atoms with Crippen LogP contribution in [0.25, 0.3) is 11.0 Å². The zero-order chi connectivity index (χ0) is 22.9. The Balaban J connectivity index is 1.67. The van der Waals surface area contributed by atoms with Gasteiger partial charge in [0.15, 0.2) is 11.9 Å². The van der Waals surface area contributed by atoms with Crippen LogP contribution in [-0.2, 0) is 21.3 Å². The fourth-order valence-electron chi connectivity index (χ4n) is 3.66. The summed E-state index contributed by atoms with van der Waals surface area (Å²) < 4.78 is 38.3. The number of sulfonamides is 1. The molecule has 10 nitrogen and oxygen atoms in total. The predicted octanol–water partition coefficient (Wildman–Crippen LogP) is 3.20. The number of ether oxygens (including phenoxy) is 2. The van der Waals surface area contributed by atoms with Crippen LogP contribution in [0.4, 0.5) is 11.5 Å². The molecule has 1 unspecified atom stereocenters. The Kier molecular flexibility index (Phi) is 6.40. The first-order valence-electron chi connectivity index (χ1n) is 10.1. The molecule has 0 aliphatic carbocycles. The van der Waals surface area contributed by atoms with Crippen molar-refractivity contribution in [2.45, 2.75) is 32.0 Å². The number of rotatable bonds is 7. The number of nitrogens with zero attached hydrogens (tertiary/aromatic N) is 5. The van der Waals surface area contributed by atoms with Crippen molar-refractivity contribution in [2.75, 3.05) is 36.6 Å². The molecule has 0 spiro atoms. The zero-order valence-electron chi connectivity index (χ0n) is 18.1. The number of methoxy groups -OCH3 is 1. The van der Waals surface area contributed by atoms with Crippen LogP contribution in [0.1, 0.15) is 31.1 Å². The maximum Gasteiger partial charge on any atom is 0.232 e. The van der Waals surface area contributed by atoms with Gasteiger partial charge < -0.3 is 14.8 Å². The average Bonchev–Trinajstić information content (AvgIpc) is 3.20. The highest BCUT2D eigenvalue weighted by Crippen LogP contribution is 2.31. The van der Waals surface area contributed by atoms with Crippen LogP contribution in [0.2, 0.25) is 5.28 Å². The molecule has 1 fully saturated rings. The molecule has 1 atom stereocenters. The van der Waals surface area contributed by atoms with Crippen LogP contribution < -0.4 is 14.4 Å². The van der Waals surface area contributed by atoms with Crippen molar-refractivity contribution < 1.29 is 17.9 Å². The summed E-state index contributed by atoms with van der Waals surface area (Å²) in [5, 5.41) is 8.50. The first-order valence-corrected chi connectivity index (χ1v) is 12.4. The van der Waals surface area contributed by atoms with Crippen molar-refractivity contribution in [3.63, 3.8) is 0 Å². The molecule has 3 aromatic rings. The van der Waals surface area contributed by atoms with E-state index in [1.807, 2.05) is 0 Å². The molecule has 12 heteroatoms. The SMILES string of the molecule is COc1ccc(N(C)S(C)(=O)=O)c(CNc2nc(Cl)nc3c2cnn3C2CCCCO2)c1. The van der Waals surface area contributed by atoms with Crippen LogP contribution in [-0.4, -0.2) is 55.2 Å². The summed E-state index contributed by atoms with van der Waals surface area (Å²) in [5.41, 5.74) is 1.82. The monoisotopic (exact) mass is 480 g/mol. The first-order chi connectivity index (χ1) is 15.3. The largest absolute Gasteiger partial charge is 0.497 e. The Morgan fingerprint density at radius 2 is 2.16 bits per heavy atom. The van der Waals surface area contributed by atoms with Gasteiger partial charge in [-0.2, -0.15) is 15.1 Å². The number of aromatic nitrogens is 4. The van der Waals surface area contributed by atoms with Crippen LogP contribution in [0, 0.1) is 0 Å². The highest BCUT2D eigenvalue weighted by Gasteiger charge is 2.22. The van der Waals surface area contributed by atoms with Crippen LogP contribution in [0.15, 0.2) is 24.4 Å². The smallest absolute Gasteiger partial charge is 0.232 e. The molecule has 4 rings (SSSR count). The molecule has 0 amide bonds. The Hall–Kier alpha value is -2.63. The van der Waals surface area contributed by atoms with Gasteiger partial charge in [-0.15, -0.1) is 0 Å². The first kappa shape index (κ1) is 22.6. The van der Waals surface area contributed by atoms with E-state index >= 15 is 0 Å². The minimum Gasteiger partial charge on any atom is -0.497 e. The van der Waals surface area contributed by atoms with Crippen molar-refractivity contribution in [1.82, 2.24) is 19.7 Å². The third-order valence-corrected chi connectivity index (χ3v) is 6.79. The number of nitrogens with one attached hydrogen (secondary N) is 1. The molecule has 2 aromatic heterocycles. The summed E-state index contributed by atoms with van der Waals surface area (Å²) in [5.74, 6) is 1.11. The van der Waals surface area contributed by atoms with Gasteiger partial charge in [0.25, 0.3) is 0 Å². The molecule has 32 heavy (non-hydrogen) atoms. The Morgan fingerprint density at radius 1 is 1.34 bits per heavy atom. The lowest BCUT2D eigenvalue weighted by Gasteiger charge is -2.23. The normalized spacial score (nSPS) is 16.8. The van der Waals surface area contributed by atoms with Gasteiger partial charge in [-0.3, -0.25) is 4.31 Å². The van der Waals surface area contributed by atoms with Crippen molar-refractivity contribution in [2.24, 2.45) is 0 Å². The molecule has 1 aromatic carbocycles. The average molecular weight is 481 g/mol. The lowest BCUT2D eigenvalue weighted by molar-refractivity contribution is -0.0370. The molecule has 3 heterocycles. The van der Waals surface area contributed by atoms with Gasteiger partial charge in [-0.25, -0.2) is 13.1 Å². The second-order valence-electron chi connectivity index (χ2n) is 7.57. The number of fused-ring (bicyclic) bond motifs is 1. The minimum absolute atomic E-state index is 0.0803. The molecule has 1 saturated heterocycles. The zero-order valence-corrected chi connectivity index (χ0v) is 19.6. The number of anilines is 2. The second-order valence-corrected chi connectivity index (χ2v) is 9.92.